The Morgan fingerprint density at radius 1 is 1.10 bits per heavy atom. The maximum Gasteiger partial charge on any atom is 0.303 e. The van der Waals surface area contributed by atoms with Crippen molar-refractivity contribution in [3.63, 3.8) is 0 Å². The van der Waals surface area contributed by atoms with Crippen LogP contribution in [0.4, 0.5) is 0 Å². The Balaban J connectivity index is 5.40. The summed E-state index contributed by atoms with van der Waals surface area (Å²) in [6, 6.07) is 0. The second kappa shape index (κ2) is 7.02. The predicted molar refractivity (Wildman–Crippen MR) is 83.9 cm³/mol. The number of carbonyl (C=O) groups excluding carboxylic acids is 3. The minimum Gasteiger partial charge on any atom is -0.459 e. The maximum atomic E-state index is 12.6. The number of alkyl halides is 2. The Morgan fingerprint density at radius 3 is 1.85 bits per heavy atom. The van der Waals surface area contributed by atoms with Crippen LogP contribution in [0.2, 0.25) is 0 Å². The number of halogens is 2. The normalized spacial score (nSPS) is 13.8. The van der Waals surface area contributed by atoms with Gasteiger partial charge in [0.25, 0.3) is 0 Å². The molecule has 0 spiro atoms. The van der Waals surface area contributed by atoms with Gasteiger partial charge < -0.3 is 10.1 Å². The van der Waals surface area contributed by atoms with Crippen molar-refractivity contribution in [1.29, 1.82) is 0 Å². The van der Waals surface area contributed by atoms with Crippen molar-refractivity contribution in [2.45, 2.75) is 56.4 Å². The number of nitrogens with one attached hydrogen (secondary N) is 1. The van der Waals surface area contributed by atoms with E-state index in [1.165, 1.54) is 13.8 Å². The van der Waals surface area contributed by atoms with E-state index in [0.29, 0.717) is 0 Å². The monoisotopic (exact) mass is 413 g/mol. The molecule has 0 aliphatic carbocycles. The second-order valence-corrected chi connectivity index (χ2v) is 9.10. The summed E-state index contributed by atoms with van der Waals surface area (Å²) in [5.41, 5.74) is -1.11. The molecule has 0 aliphatic rings. The lowest BCUT2D eigenvalue weighted by Gasteiger charge is -2.37. The molecule has 0 aromatic carbocycles. The molecule has 116 valence electrons. The highest BCUT2D eigenvalue weighted by Crippen LogP contribution is 2.40. The van der Waals surface area contributed by atoms with Gasteiger partial charge in [0.05, 0.1) is 5.54 Å². The fraction of sp³-hybridized carbons (Fsp3) is 0.769. The molecule has 1 amide bonds. The van der Waals surface area contributed by atoms with Gasteiger partial charge >= 0.3 is 5.97 Å². The summed E-state index contributed by atoms with van der Waals surface area (Å²) in [6.07, 6.45) is -0.708. The van der Waals surface area contributed by atoms with Crippen molar-refractivity contribution in [2.24, 2.45) is 5.92 Å². The van der Waals surface area contributed by atoms with Crippen LogP contribution < -0.4 is 5.32 Å². The van der Waals surface area contributed by atoms with Crippen molar-refractivity contribution in [3.8, 4) is 0 Å². The van der Waals surface area contributed by atoms with Gasteiger partial charge in [0.2, 0.25) is 5.91 Å². The van der Waals surface area contributed by atoms with E-state index in [0.717, 1.165) is 0 Å². The van der Waals surface area contributed by atoms with E-state index in [-0.39, 0.29) is 17.6 Å². The number of hydrogen-bond donors (Lipinski definition) is 1. The van der Waals surface area contributed by atoms with Crippen molar-refractivity contribution in [3.05, 3.63) is 0 Å². The highest BCUT2D eigenvalue weighted by atomic mass is 79.9. The molecule has 1 atom stereocenters. The molecule has 7 heteroatoms. The third kappa shape index (κ3) is 5.16. The number of amides is 1. The van der Waals surface area contributed by atoms with Crippen LogP contribution in [-0.4, -0.2) is 32.5 Å². The van der Waals surface area contributed by atoms with Crippen LogP contribution in [0.1, 0.15) is 41.5 Å². The summed E-state index contributed by atoms with van der Waals surface area (Å²) in [5, 5.41) is 2.58. The number of Topliss-reactive ketones (excluding diaryl/α,β-unsaturated/α-hetero) is 1. The van der Waals surface area contributed by atoms with Crippen LogP contribution in [-0.2, 0) is 19.1 Å². The smallest absolute Gasteiger partial charge is 0.303 e. The molecule has 20 heavy (non-hydrogen) atoms. The average Bonchev–Trinajstić information content (AvgIpc) is 2.22. The van der Waals surface area contributed by atoms with Crippen LogP contribution in [0.15, 0.2) is 0 Å². The van der Waals surface area contributed by atoms with Crippen LogP contribution in [0.25, 0.3) is 0 Å². The molecule has 0 aromatic rings. The Hall–Kier alpha value is -0.430. The molecule has 0 aliphatic heterocycles. The number of ether oxygens (including phenoxy) is 1. The van der Waals surface area contributed by atoms with Gasteiger partial charge in [-0.25, -0.2) is 0 Å². The minimum atomic E-state index is -1.27. The van der Waals surface area contributed by atoms with Crippen LogP contribution in [0.5, 0.6) is 0 Å². The van der Waals surface area contributed by atoms with Gasteiger partial charge in [0, 0.05) is 13.8 Å². The van der Waals surface area contributed by atoms with E-state index in [1.807, 2.05) is 13.8 Å². The zero-order chi connectivity index (χ0) is 16.3. The van der Waals surface area contributed by atoms with Gasteiger partial charge in [-0.3, -0.25) is 14.4 Å². The molecule has 0 radical (unpaired) electrons. The van der Waals surface area contributed by atoms with Gasteiger partial charge in [0.15, 0.2) is 9.02 Å². The van der Waals surface area contributed by atoms with Crippen LogP contribution in [0.3, 0.4) is 0 Å². The Morgan fingerprint density at radius 2 is 1.55 bits per heavy atom. The lowest BCUT2D eigenvalue weighted by Crippen LogP contribution is -2.58. The lowest BCUT2D eigenvalue weighted by molar-refractivity contribution is -0.150. The molecule has 1 N–H and O–H groups in total. The van der Waals surface area contributed by atoms with Gasteiger partial charge in [0.1, 0.15) is 6.10 Å². The third-order valence-electron chi connectivity index (χ3n) is 2.61. The Kier molecular flexibility index (Phi) is 6.87. The molecule has 0 rings (SSSR count). The number of rotatable bonds is 6. The number of ketones is 1. The largest absolute Gasteiger partial charge is 0.459 e. The zero-order valence-corrected chi connectivity index (χ0v) is 15.7. The zero-order valence-electron chi connectivity index (χ0n) is 12.5. The molecule has 0 aromatic heterocycles. The standard InChI is InChI=1S/C13H21Br2NO4/c1-7(2)10(20-9(4)18)13(14,15)11(19)12(5,6)16-8(3)17/h7,10H,1-6H3,(H,16,17). The van der Waals surface area contributed by atoms with E-state index >= 15 is 0 Å². The lowest BCUT2D eigenvalue weighted by atomic mass is 9.90. The average molecular weight is 415 g/mol. The van der Waals surface area contributed by atoms with Gasteiger partial charge in [-0.15, -0.1) is 0 Å². The molecular formula is C13H21Br2NO4. The first kappa shape index (κ1) is 19.6. The third-order valence-corrected chi connectivity index (χ3v) is 4.24. The Labute approximate surface area is 136 Å². The van der Waals surface area contributed by atoms with E-state index in [9.17, 15) is 14.4 Å². The molecular weight excluding hydrogens is 394 g/mol. The first-order valence-corrected chi connectivity index (χ1v) is 7.79. The van der Waals surface area contributed by atoms with Gasteiger partial charge in [-0.1, -0.05) is 45.7 Å². The first-order chi connectivity index (χ1) is 8.82. The topological polar surface area (TPSA) is 72.5 Å². The molecule has 0 fully saturated rings. The van der Waals surface area contributed by atoms with Crippen molar-refractivity contribution >= 4 is 49.5 Å². The second-order valence-electron chi connectivity index (χ2n) is 5.53. The van der Waals surface area contributed by atoms with Gasteiger partial charge in [-0.05, 0) is 19.8 Å². The molecule has 0 saturated heterocycles. The highest BCUT2D eigenvalue weighted by Gasteiger charge is 2.50. The van der Waals surface area contributed by atoms with Crippen molar-refractivity contribution in [2.75, 3.05) is 0 Å². The predicted octanol–water partition coefficient (Wildman–Crippen LogP) is 2.54. The summed E-state index contributed by atoms with van der Waals surface area (Å²) in [5.74, 6) is -1.22. The van der Waals surface area contributed by atoms with Crippen LogP contribution in [0, 0.1) is 5.92 Å². The summed E-state index contributed by atoms with van der Waals surface area (Å²) >= 11 is 6.61. The maximum absolute atomic E-state index is 12.6. The van der Waals surface area contributed by atoms with E-state index < -0.39 is 20.8 Å². The minimum absolute atomic E-state index is 0.102. The van der Waals surface area contributed by atoms with Crippen molar-refractivity contribution in [1.82, 2.24) is 5.32 Å². The van der Waals surface area contributed by atoms with E-state index in [4.69, 9.17) is 4.74 Å². The molecule has 0 saturated carbocycles. The number of hydrogen-bond acceptors (Lipinski definition) is 4. The van der Waals surface area contributed by atoms with Gasteiger partial charge in [-0.2, -0.15) is 0 Å². The van der Waals surface area contributed by atoms with Crippen LogP contribution >= 0.6 is 31.9 Å². The summed E-state index contributed by atoms with van der Waals surface area (Å²) < 4.78 is 3.96. The molecule has 0 heterocycles. The molecule has 1 unspecified atom stereocenters. The van der Waals surface area contributed by atoms with E-state index in [2.05, 4.69) is 37.2 Å². The molecule has 0 bridgehead atoms. The summed E-state index contributed by atoms with van der Waals surface area (Å²) in [6.45, 7) is 9.49. The molecule has 5 nitrogen and oxygen atoms in total. The highest BCUT2D eigenvalue weighted by molar-refractivity contribution is 9.26. The first-order valence-electron chi connectivity index (χ1n) is 6.21. The van der Waals surface area contributed by atoms with Crippen molar-refractivity contribution < 1.29 is 19.1 Å². The summed E-state index contributed by atoms with van der Waals surface area (Å²) in [4.78, 5) is 35.1. The summed E-state index contributed by atoms with van der Waals surface area (Å²) in [7, 11) is 0. The number of carbonyl (C=O) groups is 3. The fourth-order valence-corrected chi connectivity index (χ4v) is 4.09. The quantitative estimate of drug-likeness (QED) is 0.535. The number of esters is 1. The fourth-order valence-electron chi connectivity index (χ4n) is 1.85. The Bertz CT molecular complexity index is 405. The van der Waals surface area contributed by atoms with E-state index in [1.54, 1.807) is 13.8 Å². The SMILES string of the molecule is CC(=O)NC(C)(C)C(=O)C(Br)(Br)C(OC(C)=O)C(C)C.